The van der Waals surface area contributed by atoms with Gasteiger partial charge in [-0.2, -0.15) is 0 Å². The van der Waals surface area contributed by atoms with E-state index in [-0.39, 0.29) is 5.91 Å². The molecule has 0 unspecified atom stereocenters. The maximum atomic E-state index is 11.5. The Labute approximate surface area is 148 Å². The number of hydrogen-bond donors (Lipinski definition) is 1. The fourth-order valence-electron chi connectivity index (χ4n) is 2.32. The van der Waals surface area contributed by atoms with Crippen LogP contribution in [0, 0.1) is 5.92 Å². The minimum absolute atomic E-state index is 0.229. The minimum atomic E-state index is -0.460. The van der Waals surface area contributed by atoms with Crippen molar-refractivity contribution in [3.8, 4) is 0 Å². The summed E-state index contributed by atoms with van der Waals surface area (Å²) in [7, 11) is 0. The summed E-state index contributed by atoms with van der Waals surface area (Å²) < 4.78 is 4.96. The molecule has 0 rings (SSSR count). The van der Waals surface area contributed by atoms with E-state index in [4.69, 9.17) is 4.74 Å². The predicted octanol–water partition coefficient (Wildman–Crippen LogP) is 4.78. The van der Waals surface area contributed by atoms with Crippen molar-refractivity contribution in [2.24, 2.45) is 5.92 Å². The van der Waals surface area contributed by atoms with Crippen molar-refractivity contribution in [3.05, 3.63) is 12.2 Å². The lowest BCUT2D eigenvalue weighted by Gasteiger charge is -2.04. The van der Waals surface area contributed by atoms with Crippen LogP contribution in [0.2, 0.25) is 0 Å². The third-order valence-corrected chi connectivity index (χ3v) is 3.76. The Kier molecular flexibility index (Phi) is 15.6. The van der Waals surface area contributed by atoms with Gasteiger partial charge in [0.2, 0.25) is 5.91 Å². The Morgan fingerprint density at radius 1 is 0.875 bits per heavy atom. The third-order valence-electron chi connectivity index (χ3n) is 3.76. The fourth-order valence-corrected chi connectivity index (χ4v) is 2.32. The molecule has 0 aliphatic carbocycles. The van der Waals surface area contributed by atoms with Gasteiger partial charge < -0.3 is 10.1 Å². The molecule has 0 aromatic rings. The lowest BCUT2D eigenvalue weighted by atomic mass is 10.1. The van der Waals surface area contributed by atoms with Crippen LogP contribution in [0.25, 0.3) is 0 Å². The molecule has 1 amide bonds. The number of esters is 1. The van der Waals surface area contributed by atoms with Crippen molar-refractivity contribution < 1.29 is 14.3 Å². The van der Waals surface area contributed by atoms with E-state index >= 15 is 0 Å². The van der Waals surface area contributed by atoms with E-state index < -0.39 is 5.97 Å². The average molecular weight is 340 g/mol. The van der Waals surface area contributed by atoms with Crippen molar-refractivity contribution in [2.45, 2.75) is 85.0 Å². The van der Waals surface area contributed by atoms with Gasteiger partial charge >= 0.3 is 5.97 Å². The Morgan fingerprint density at radius 2 is 1.42 bits per heavy atom. The maximum absolute atomic E-state index is 11.5. The number of amides is 1. The highest BCUT2D eigenvalue weighted by atomic mass is 16.5. The van der Waals surface area contributed by atoms with Crippen LogP contribution in [0.1, 0.15) is 85.0 Å². The molecule has 0 radical (unpaired) electrons. The van der Waals surface area contributed by atoms with Crippen LogP contribution >= 0.6 is 0 Å². The molecule has 0 aromatic heterocycles. The zero-order valence-electron chi connectivity index (χ0n) is 15.9. The zero-order valence-corrected chi connectivity index (χ0v) is 15.9. The standard InChI is InChI=1S/C20H37NO3/c1-4-5-6-7-8-9-10-11-12-13-16-21-19(22)14-15-20(23)24-17-18(2)3/h14-15,18H,4-13,16-17H2,1-3H3,(H,21,22)/b15-14+. The van der Waals surface area contributed by atoms with E-state index in [0.717, 1.165) is 12.8 Å². The summed E-state index contributed by atoms with van der Waals surface area (Å²) in [5.74, 6) is -0.391. The highest BCUT2D eigenvalue weighted by molar-refractivity contribution is 5.94. The monoisotopic (exact) mass is 339 g/mol. The SMILES string of the molecule is CCCCCCCCCCCCNC(=O)/C=C/C(=O)OCC(C)C. The first-order chi connectivity index (χ1) is 11.6. The molecule has 140 valence electrons. The van der Waals surface area contributed by atoms with E-state index in [0.29, 0.717) is 19.1 Å². The molecule has 0 heterocycles. The van der Waals surface area contributed by atoms with E-state index in [1.165, 1.54) is 63.5 Å². The first-order valence-corrected chi connectivity index (χ1v) is 9.69. The smallest absolute Gasteiger partial charge is 0.330 e. The van der Waals surface area contributed by atoms with Gasteiger partial charge in [-0.1, -0.05) is 78.6 Å². The van der Waals surface area contributed by atoms with Crippen LogP contribution in [-0.4, -0.2) is 25.0 Å². The van der Waals surface area contributed by atoms with Gasteiger partial charge in [-0.3, -0.25) is 4.79 Å². The third kappa shape index (κ3) is 17.0. The lowest BCUT2D eigenvalue weighted by Crippen LogP contribution is -2.22. The highest BCUT2D eigenvalue weighted by Crippen LogP contribution is 2.10. The Hall–Kier alpha value is -1.32. The summed E-state index contributed by atoms with van der Waals surface area (Å²) >= 11 is 0. The van der Waals surface area contributed by atoms with Crippen molar-refractivity contribution in [2.75, 3.05) is 13.2 Å². The van der Waals surface area contributed by atoms with Crippen LogP contribution in [0.4, 0.5) is 0 Å². The molecule has 0 fully saturated rings. The molecule has 0 spiro atoms. The first kappa shape index (κ1) is 22.7. The normalized spacial score (nSPS) is 11.2. The number of carbonyl (C=O) groups is 2. The molecule has 0 saturated heterocycles. The number of carbonyl (C=O) groups excluding carboxylic acids is 2. The topological polar surface area (TPSA) is 55.4 Å². The van der Waals surface area contributed by atoms with Gasteiger partial charge in [-0.15, -0.1) is 0 Å². The Balaban J connectivity index is 3.41. The predicted molar refractivity (Wildman–Crippen MR) is 99.8 cm³/mol. The number of rotatable bonds is 15. The lowest BCUT2D eigenvalue weighted by molar-refractivity contribution is -0.139. The molecule has 0 bridgehead atoms. The van der Waals surface area contributed by atoms with Crippen LogP contribution in [-0.2, 0) is 14.3 Å². The van der Waals surface area contributed by atoms with E-state index in [2.05, 4.69) is 12.2 Å². The second kappa shape index (κ2) is 16.5. The number of nitrogens with one attached hydrogen (secondary N) is 1. The summed E-state index contributed by atoms with van der Waals surface area (Å²) in [6.07, 6.45) is 15.2. The molecular formula is C20H37NO3. The van der Waals surface area contributed by atoms with Crippen LogP contribution < -0.4 is 5.32 Å². The molecule has 0 aliphatic heterocycles. The van der Waals surface area contributed by atoms with E-state index in [1.807, 2.05) is 13.8 Å². The molecule has 0 atom stereocenters. The van der Waals surface area contributed by atoms with E-state index in [9.17, 15) is 9.59 Å². The summed E-state index contributed by atoms with van der Waals surface area (Å²) in [5.41, 5.74) is 0. The van der Waals surface area contributed by atoms with Crippen molar-refractivity contribution >= 4 is 11.9 Å². The number of unbranched alkanes of at least 4 members (excludes halogenated alkanes) is 9. The maximum Gasteiger partial charge on any atom is 0.330 e. The van der Waals surface area contributed by atoms with Gasteiger partial charge in [0.05, 0.1) is 6.61 Å². The molecule has 0 aromatic carbocycles. The Bertz CT molecular complexity index is 351. The molecule has 1 N–H and O–H groups in total. The van der Waals surface area contributed by atoms with Gasteiger partial charge in [0, 0.05) is 18.7 Å². The quantitative estimate of drug-likeness (QED) is 0.265. The average Bonchev–Trinajstić information content (AvgIpc) is 2.56. The molecular weight excluding hydrogens is 302 g/mol. The summed E-state index contributed by atoms with van der Waals surface area (Å²) in [4.78, 5) is 22.9. The fraction of sp³-hybridized carbons (Fsp3) is 0.800. The summed E-state index contributed by atoms with van der Waals surface area (Å²) in [6.45, 7) is 7.23. The minimum Gasteiger partial charge on any atom is -0.462 e. The molecule has 0 saturated carbocycles. The van der Waals surface area contributed by atoms with E-state index in [1.54, 1.807) is 0 Å². The summed E-state index contributed by atoms with van der Waals surface area (Å²) in [6, 6.07) is 0. The zero-order chi connectivity index (χ0) is 18.0. The molecule has 4 nitrogen and oxygen atoms in total. The number of ether oxygens (including phenoxy) is 1. The Morgan fingerprint density at radius 3 is 1.96 bits per heavy atom. The van der Waals surface area contributed by atoms with Crippen LogP contribution in [0.15, 0.2) is 12.2 Å². The van der Waals surface area contributed by atoms with Gasteiger partial charge in [0.15, 0.2) is 0 Å². The van der Waals surface area contributed by atoms with Crippen LogP contribution in [0.5, 0.6) is 0 Å². The van der Waals surface area contributed by atoms with Crippen LogP contribution in [0.3, 0.4) is 0 Å². The highest BCUT2D eigenvalue weighted by Gasteiger charge is 2.01. The van der Waals surface area contributed by atoms with Gasteiger partial charge in [-0.25, -0.2) is 4.79 Å². The van der Waals surface area contributed by atoms with Crippen molar-refractivity contribution in [1.29, 1.82) is 0 Å². The molecule has 24 heavy (non-hydrogen) atoms. The van der Waals surface area contributed by atoms with Crippen molar-refractivity contribution in [3.63, 3.8) is 0 Å². The second-order valence-corrected chi connectivity index (χ2v) is 6.83. The molecule has 4 heteroatoms. The summed E-state index contributed by atoms with van der Waals surface area (Å²) in [5, 5.41) is 2.79. The van der Waals surface area contributed by atoms with Gasteiger partial charge in [0.1, 0.15) is 0 Å². The number of hydrogen-bond acceptors (Lipinski definition) is 3. The largest absolute Gasteiger partial charge is 0.462 e. The van der Waals surface area contributed by atoms with Gasteiger partial charge in [0.25, 0.3) is 0 Å². The second-order valence-electron chi connectivity index (χ2n) is 6.83. The van der Waals surface area contributed by atoms with Gasteiger partial charge in [-0.05, 0) is 12.3 Å². The molecule has 0 aliphatic rings. The van der Waals surface area contributed by atoms with Crippen molar-refractivity contribution in [1.82, 2.24) is 5.32 Å². The first-order valence-electron chi connectivity index (χ1n) is 9.69.